The van der Waals surface area contributed by atoms with Crippen LogP contribution in [-0.2, 0) is 4.79 Å². The summed E-state index contributed by atoms with van der Waals surface area (Å²) in [4.78, 5) is 16.8. The van der Waals surface area contributed by atoms with Crippen molar-refractivity contribution in [1.82, 2.24) is 0 Å². The molecule has 0 amide bonds. The molecule has 0 spiro atoms. The Kier molecular flexibility index (Phi) is 7.42. The van der Waals surface area contributed by atoms with Gasteiger partial charge in [0.1, 0.15) is 0 Å². The van der Waals surface area contributed by atoms with Gasteiger partial charge in [0.2, 0.25) is 0 Å². The zero-order chi connectivity index (χ0) is 18.1. The van der Waals surface area contributed by atoms with Gasteiger partial charge in [-0.25, -0.2) is 0 Å². The molecule has 4 heteroatoms. The van der Waals surface area contributed by atoms with E-state index in [1.165, 1.54) is 5.57 Å². The highest BCUT2D eigenvalue weighted by Gasteiger charge is 2.07. The van der Waals surface area contributed by atoms with E-state index in [0.29, 0.717) is 23.1 Å². The van der Waals surface area contributed by atoms with Gasteiger partial charge in [-0.1, -0.05) is 55.5 Å². The summed E-state index contributed by atoms with van der Waals surface area (Å²) >= 11 is 5.85. The number of benzene rings is 1. The molecule has 0 aromatic heterocycles. The molecule has 2 rings (SSSR count). The predicted octanol–water partition coefficient (Wildman–Crippen LogP) is 5.03. The highest BCUT2D eigenvalue weighted by molar-refractivity contribution is 6.30. The zero-order valence-corrected chi connectivity index (χ0v) is 15.2. The van der Waals surface area contributed by atoms with Crippen molar-refractivity contribution in [1.29, 1.82) is 0 Å². The van der Waals surface area contributed by atoms with Crippen molar-refractivity contribution in [2.75, 3.05) is 18.4 Å². The molecule has 1 aliphatic carbocycles. The van der Waals surface area contributed by atoms with E-state index >= 15 is 0 Å². The SMILES string of the molecule is C=C/C=C(\C=NCC1=CC(C)CC=C1)C(=O)CNc1ccc(Cl)cc1. The largest absolute Gasteiger partial charge is 0.378 e. The number of allylic oxidation sites excluding steroid dienone is 4. The van der Waals surface area contributed by atoms with Gasteiger partial charge < -0.3 is 5.32 Å². The number of hydrogen-bond donors (Lipinski definition) is 1. The second-order valence-electron chi connectivity index (χ2n) is 5.97. The van der Waals surface area contributed by atoms with Crippen LogP contribution in [0.1, 0.15) is 13.3 Å². The summed E-state index contributed by atoms with van der Waals surface area (Å²) in [6.07, 6.45) is 12.5. The van der Waals surface area contributed by atoms with E-state index in [9.17, 15) is 4.79 Å². The number of nitrogens with zero attached hydrogens (tertiary/aromatic N) is 1. The van der Waals surface area contributed by atoms with Crippen LogP contribution in [0.4, 0.5) is 5.69 Å². The summed E-state index contributed by atoms with van der Waals surface area (Å²) in [6.45, 7) is 6.62. The van der Waals surface area contributed by atoms with Gasteiger partial charge in [-0.05, 0) is 42.2 Å². The number of nitrogens with one attached hydrogen (secondary N) is 1. The third kappa shape index (κ3) is 6.55. The highest BCUT2D eigenvalue weighted by atomic mass is 35.5. The Balaban J connectivity index is 1.92. The van der Waals surface area contributed by atoms with Crippen molar-refractivity contribution >= 4 is 29.3 Å². The van der Waals surface area contributed by atoms with Crippen molar-refractivity contribution in [3.8, 4) is 0 Å². The minimum absolute atomic E-state index is 0.0415. The minimum atomic E-state index is -0.0415. The van der Waals surface area contributed by atoms with Crippen molar-refractivity contribution in [2.24, 2.45) is 10.9 Å². The first-order valence-electron chi connectivity index (χ1n) is 8.31. The number of rotatable bonds is 8. The van der Waals surface area contributed by atoms with E-state index in [1.807, 2.05) is 12.1 Å². The topological polar surface area (TPSA) is 41.5 Å². The summed E-state index contributed by atoms with van der Waals surface area (Å²) in [6, 6.07) is 7.23. The summed E-state index contributed by atoms with van der Waals surface area (Å²) < 4.78 is 0. The lowest BCUT2D eigenvalue weighted by molar-refractivity contribution is -0.113. The Hall–Kier alpha value is -2.39. The fourth-order valence-electron chi connectivity index (χ4n) is 2.47. The molecule has 0 saturated heterocycles. The van der Waals surface area contributed by atoms with Crippen LogP contribution in [-0.4, -0.2) is 25.1 Å². The second kappa shape index (κ2) is 9.80. The van der Waals surface area contributed by atoms with Gasteiger partial charge in [0.05, 0.1) is 13.1 Å². The van der Waals surface area contributed by atoms with E-state index in [0.717, 1.165) is 12.1 Å². The van der Waals surface area contributed by atoms with Crippen LogP contribution in [0.25, 0.3) is 0 Å². The molecule has 1 aromatic rings. The lowest BCUT2D eigenvalue weighted by Crippen LogP contribution is -2.16. The number of carbonyl (C=O) groups is 1. The average Bonchev–Trinajstić information content (AvgIpc) is 2.60. The maximum absolute atomic E-state index is 12.4. The van der Waals surface area contributed by atoms with Crippen molar-refractivity contribution in [2.45, 2.75) is 13.3 Å². The van der Waals surface area contributed by atoms with Gasteiger partial charge in [0.15, 0.2) is 5.78 Å². The quantitative estimate of drug-likeness (QED) is 0.404. The summed E-state index contributed by atoms with van der Waals surface area (Å²) in [5.74, 6) is 0.503. The number of anilines is 1. The van der Waals surface area contributed by atoms with Crippen LogP contribution in [0.3, 0.4) is 0 Å². The summed E-state index contributed by atoms with van der Waals surface area (Å²) in [7, 11) is 0. The zero-order valence-electron chi connectivity index (χ0n) is 14.4. The molecule has 1 aliphatic rings. The van der Waals surface area contributed by atoms with Gasteiger partial charge in [0, 0.05) is 22.5 Å². The number of hydrogen-bond acceptors (Lipinski definition) is 3. The molecular weight excluding hydrogens is 332 g/mol. The third-order valence-corrected chi connectivity index (χ3v) is 4.01. The van der Waals surface area contributed by atoms with Gasteiger partial charge in [0.25, 0.3) is 0 Å². The van der Waals surface area contributed by atoms with Crippen molar-refractivity contribution in [3.05, 3.63) is 77.4 Å². The van der Waals surface area contributed by atoms with Gasteiger partial charge >= 0.3 is 0 Å². The molecule has 0 fully saturated rings. The number of carbonyl (C=O) groups excluding carboxylic acids is 1. The second-order valence-corrected chi connectivity index (χ2v) is 6.40. The summed E-state index contributed by atoms with van der Waals surface area (Å²) in [5, 5.41) is 3.75. The lowest BCUT2D eigenvalue weighted by Gasteiger charge is -2.10. The summed E-state index contributed by atoms with van der Waals surface area (Å²) in [5.41, 5.74) is 2.56. The van der Waals surface area contributed by atoms with Crippen LogP contribution < -0.4 is 5.32 Å². The number of Topliss-reactive ketones (excluding diaryl/α,β-unsaturated/α-hetero) is 1. The first-order valence-corrected chi connectivity index (χ1v) is 8.68. The van der Waals surface area contributed by atoms with Crippen LogP contribution in [0, 0.1) is 5.92 Å². The van der Waals surface area contributed by atoms with E-state index in [4.69, 9.17) is 11.6 Å². The number of halogens is 1. The molecule has 0 aliphatic heterocycles. The van der Waals surface area contributed by atoms with Gasteiger partial charge in [-0.3, -0.25) is 9.79 Å². The molecule has 3 nitrogen and oxygen atoms in total. The van der Waals surface area contributed by atoms with E-state index in [1.54, 1.807) is 30.5 Å². The van der Waals surface area contributed by atoms with Crippen LogP contribution in [0.2, 0.25) is 5.02 Å². The molecule has 0 saturated carbocycles. The van der Waals surface area contributed by atoms with Gasteiger partial charge in [-0.15, -0.1) is 0 Å². The van der Waals surface area contributed by atoms with Gasteiger partial charge in [-0.2, -0.15) is 0 Å². The highest BCUT2D eigenvalue weighted by Crippen LogP contribution is 2.16. The normalized spacial score (nSPS) is 17.4. The average molecular weight is 355 g/mol. The Morgan fingerprint density at radius 1 is 1.40 bits per heavy atom. The van der Waals surface area contributed by atoms with Crippen LogP contribution in [0.5, 0.6) is 0 Å². The fraction of sp³-hybridized carbons (Fsp3) is 0.238. The Labute approximate surface area is 154 Å². The Bertz CT molecular complexity index is 727. The number of ketones is 1. The molecule has 0 bridgehead atoms. The predicted molar refractivity (Wildman–Crippen MR) is 108 cm³/mol. The lowest BCUT2D eigenvalue weighted by atomic mass is 9.98. The molecule has 0 heterocycles. The maximum atomic E-state index is 12.4. The molecule has 130 valence electrons. The smallest absolute Gasteiger partial charge is 0.183 e. The molecule has 1 N–H and O–H groups in total. The molecular formula is C21H23ClN2O. The first-order chi connectivity index (χ1) is 12.1. The van der Waals surface area contributed by atoms with E-state index < -0.39 is 0 Å². The Morgan fingerprint density at radius 2 is 2.16 bits per heavy atom. The van der Waals surface area contributed by atoms with Crippen LogP contribution in [0.15, 0.2) is 77.4 Å². The molecule has 1 aromatic carbocycles. The number of aliphatic imine (C=N–C) groups is 1. The molecule has 25 heavy (non-hydrogen) atoms. The van der Waals surface area contributed by atoms with Crippen LogP contribution >= 0.6 is 11.6 Å². The van der Waals surface area contributed by atoms with E-state index in [-0.39, 0.29) is 12.3 Å². The third-order valence-electron chi connectivity index (χ3n) is 3.76. The van der Waals surface area contributed by atoms with Crippen molar-refractivity contribution in [3.63, 3.8) is 0 Å². The standard InChI is InChI=1S/C21H23ClN2O/c1-3-5-18(14-23-13-17-7-4-6-16(2)12-17)21(25)15-24-20-10-8-19(22)9-11-20/h3-5,7-12,14,16,24H,1,6,13,15H2,2H3/b18-5+,23-14?. The maximum Gasteiger partial charge on any atom is 0.183 e. The first kappa shape index (κ1) is 18.9. The van der Waals surface area contributed by atoms with Crippen molar-refractivity contribution < 1.29 is 4.79 Å². The minimum Gasteiger partial charge on any atom is -0.378 e. The van der Waals surface area contributed by atoms with E-state index in [2.05, 4.69) is 42.0 Å². The molecule has 1 atom stereocenters. The monoisotopic (exact) mass is 354 g/mol. The molecule has 0 radical (unpaired) electrons. The fourth-order valence-corrected chi connectivity index (χ4v) is 2.59. The Morgan fingerprint density at radius 3 is 2.84 bits per heavy atom. The molecule has 1 unspecified atom stereocenters.